The van der Waals surface area contributed by atoms with Crippen molar-refractivity contribution in [3.8, 4) is 33.8 Å². The van der Waals surface area contributed by atoms with Crippen molar-refractivity contribution in [1.29, 1.82) is 0 Å². The van der Waals surface area contributed by atoms with E-state index in [0.29, 0.717) is 10.6 Å². The molecule has 0 atom stereocenters. The fourth-order valence-electron chi connectivity index (χ4n) is 3.60. The van der Waals surface area contributed by atoms with Crippen LogP contribution in [-0.2, 0) is 4.57 Å². The second kappa shape index (κ2) is 8.81. The summed E-state index contributed by atoms with van der Waals surface area (Å²) < 4.78 is 24.1. The van der Waals surface area contributed by atoms with Crippen molar-refractivity contribution in [2.24, 2.45) is 0 Å². The third-order valence-electron chi connectivity index (χ3n) is 5.27. The summed E-state index contributed by atoms with van der Waals surface area (Å²) in [5.41, 5.74) is 3.72. The number of methoxy groups -OCH3 is 2. The molecule has 0 aliphatic heterocycles. The summed E-state index contributed by atoms with van der Waals surface area (Å²) in [5.74, 6) is 1.52. The summed E-state index contributed by atoms with van der Waals surface area (Å²) in [6.45, 7) is 0. The molecule has 0 spiro atoms. The molecule has 0 radical (unpaired) electrons. The molecule has 0 amide bonds. The van der Waals surface area contributed by atoms with Gasteiger partial charge in [0.15, 0.2) is 0 Å². The Hall–Kier alpha value is -3.33. The predicted molar refractivity (Wildman–Crippen MR) is 126 cm³/mol. The Labute approximate surface area is 182 Å². The smallest absolute Gasteiger partial charge is 0.258 e. The second-order valence-corrected chi connectivity index (χ2v) is 9.26. The first-order valence-electron chi connectivity index (χ1n) is 9.85. The molecule has 0 heterocycles. The molecule has 1 N–H and O–H groups in total. The van der Waals surface area contributed by atoms with Crippen molar-refractivity contribution in [1.82, 2.24) is 0 Å². The number of hydrogen-bond donors (Lipinski definition) is 1. The quantitative estimate of drug-likeness (QED) is 0.424. The van der Waals surface area contributed by atoms with E-state index in [1.165, 1.54) is 0 Å². The van der Waals surface area contributed by atoms with Gasteiger partial charge >= 0.3 is 0 Å². The van der Waals surface area contributed by atoms with Crippen LogP contribution in [0.5, 0.6) is 11.5 Å². The average molecular weight is 430 g/mol. The third kappa shape index (κ3) is 4.13. The highest BCUT2D eigenvalue weighted by Crippen LogP contribution is 2.40. The summed E-state index contributed by atoms with van der Waals surface area (Å²) in [6, 6.07) is 29.6. The highest BCUT2D eigenvalue weighted by molar-refractivity contribution is 7.73. The van der Waals surface area contributed by atoms with E-state index in [9.17, 15) is 9.46 Å². The van der Waals surface area contributed by atoms with Crippen LogP contribution in [0.1, 0.15) is 0 Å². The van der Waals surface area contributed by atoms with E-state index >= 15 is 0 Å². The highest BCUT2D eigenvalue weighted by Gasteiger charge is 2.24. The van der Waals surface area contributed by atoms with Gasteiger partial charge in [0.1, 0.15) is 11.5 Å². The molecular weight excluding hydrogens is 407 g/mol. The maximum atomic E-state index is 13.3. The zero-order valence-corrected chi connectivity index (χ0v) is 18.3. The lowest BCUT2D eigenvalue weighted by Gasteiger charge is -2.15. The van der Waals surface area contributed by atoms with Gasteiger partial charge in [0.25, 0.3) is 7.37 Å². The fraction of sp³-hybridized carbons (Fsp3) is 0.0769. The molecule has 0 aliphatic rings. The zero-order chi connectivity index (χ0) is 21.8. The van der Waals surface area contributed by atoms with Gasteiger partial charge in [-0.05, 0) is 47.5 Å². The van der Waals surface area contributed by atoms with Crippen molar-refractivity contribution in [3.63, 3.8) is 0 Å². The van der Waals surface area contributed by atoms with E-state index in [2.05, 4.69) is 0 Å². The summed E-state index contributed by atoms with van der Waals surface area (Å²) in [4.78, 5) is 10.9. The number of para-hydroxylation sites is 2. The van der Waals surface area contributed by atoms with Gasteiger partial charge in [-0.15, -0.1) is 0 Å². The van der Waals surface area contributed by atoms with Gasteiger partial charge in [-0.25, -0.2) is 0 Å². The molecule has 0 saturated carbocycles. The predicted octanol–water partition coefficient (Wildman–Crippen LogP) is 5.26. The summed E-state index contributed by atoms with van der Waals surface area (Å²) in [5, 5.41) is 0.771. The Morgan fingerprint density at radius 1 is 0.581 bits per heavy atom. The van der Waals surface area contributed by atoms with Crippen molar-refractivity contribution >= 4 is 18.0 Å². The van der Waals surface area contributed by atoms with E-state index in [-0.39, 0.29) is 0 Å². The fourth-order valence-corrected chi connectivity index (χ4v) is 5.01. The first-order valence-corrected chi connectivity index (χ1v) is 11.5. The van der Waals surface area contributed by atoms with Crippen LogP contribution in [-0.4, -0.2) is 19.1 Å². The van der Waals surface area contributed by atoms with E-state index < -0.39 is 7.37 Å². The molecule has 5 heteroatoms. The number of rotatable bonds is 6. The molecule has 0 aromatic heterocycles. The molecule has 4 aromatic carbocycles. The summed E-state index contributed by atoms with van der Waals surface area (Å²) in [7, 11) is -0.463. The van der Waals surface area contributed by atoms with Crippen LogP contribution in [0.4, 0.5) is 0 Å². The minimum absolute atomic E-state index is 0.385. The number of ether oxygens (including phenoxy) is 2. The van der Waals surface area contributed by atoms with Crippen LogP contribution in [0.2, 0.25) is 0 Å². The van der Waals surface area contributed by atoms with Crippen molar-refractivity contribution in [2.45, 2.75) is 0 Å². The third-order valence-corrected chi connectivity index (χ3v) is 7.27. The molecular formula is C26H23O4P. The Morgan fingerprint density at radius 2 is 0.935 bits per heavy atom. The highest BCUT2D eigenvalue weighted by atomic mass is 31.2. The lowest BCUT2D eigenvalue weighted by Crippen LogP contribution is -2.15. The topological polar surface area (TPSA) is 55.8 Å². The van der Waals surface area contributed by atoms with Gasteiger partial charge in [0.2, 0.25) is 0 Å². The van der Waals surface area contributed by atoms with Gasteiger partial charge in [-0.3, -0.25) is 4.57 Å². The van der Waals surface area contributed by atoms with E-state index in [0.717, 1.165) is 33.8 Å². The van der Waals surface area contributed by atoms with Crippen LogP contribution in [0.25, 0.3) is 22.3 Å². The first-order chi connectivity index (χ1) is 15.0. The second-order valence-electron chi connectivity index (χ2n) is 7.07. The van der Waals surface area contributed by atoms with Gasteiger partial charge in [-0.1, -0.05) is 60.7 Å². The number of benzene rings is 4. The van der Waals surface area contributed by atoms with E-state index in [4.69, 9.17) is 9.47 Å². The number of hydrogen-bond acceptors (Lipinski definition) is 3. The standard InChI is InChI=1S/C26H23O4P/c1-29-25-9-5-3-7-23(25)19-11-15-21(16-12-19)31(27,28)22-17-13-20(14-18-22)24-8-4-6-10-26(24)30-2/h3-18H,1-2H3,(H,27,28). The van der Waals surface area contributed by atoms with Gasteiger partial charge in [0.05, 0.1) is 14.2 Å². The molecule has 4 rings (SSSR count). The van der Waals surface area contributed by atoms with E-state index in [1.54, 1.807) is 38.5 Å². The van der Waals surface area contributed by atoms with Crippen LogP contribution < -0.4 is 20.1 Å². The maximum absolute atomic E-state index is 13.3. The molecule has 0 unspecified atom stereocenters. The molecule has 4 aromatic rings. The molecule has 31 heavy (non-hydrogen) atoms. The zero-order valence-electron chi connectivity index (χ0n) is 17.4. The molecule has 0 fully saturated rings. The first kappa shape index (κ1) is 20.9. The van der Waals surface area contributed by atoms with E-state index in [1.807, 2.05) is 72.8 Å². The Bertz CT molecular complexity index is 1140. The molecule has 0 bridgehead atoms. The van der Waals surface area contributed by atoms with Crippen LogP contribution in [0.15, 0.2) is 97.1 Å². The molecule has 4 nitrogen and oxygen atoms in total. The minimum atomic E-state index is -3.72. The van der Waals surface area contributed by atoms with Gasteiger partial charge in [-0.2, -0.15) is 0 Å². The van der Waals surface area contributed by atoms with Gasteiger partial charge in [0, 0.05) is 21.7 Å². The molecule has 0 saturated heterocycles. The van der Waals surface area contributed by atoms with Crippen molar-refractivity contribution in [2.75, 3.05) is 14.2 Å². The van der Waals surface area contributed by atoms with Crippen LogP contribution >= 0.6 is 7.37 Å². The van der Waals surface area contributed by atoms with Crippen molar-refractivity contribution < 1.29 is 18.9 Å². The minimum Gasteiger partial charge on any atom is -0.496 e. The lowest BCUT2D eigenvalue weighted by atomic mass is 10.0. The maximum Gasteiger partial charge on any atom is 0.258 e. The van der Waals surface area contributed by atoms with Crippen molar-refractivity contribution in [3.05, 3.63) is 97.1 Å². The largest absolute Gasteiger partial charge is 0.496 e. The summed E-state index contributed by atoms with van der Waals surface area (Å²) in [6.07, 6.45) is 0. The molecule has 156 valence electrons. The van der Waals surface area contributed by atoms with Crippen LogP contribution in [0, 0.1) is 0 Å². The van der Waals surface area contributed by atoms with Crippen LogP contribution in [0.3, 0.4) is 0 Å². The monoisotopic (exact) mass is 430 g/mol. The average Bonchev–Trinajstić information content (AvgIpc) is 2.84. The Morgan fingerprint density at radius 3 is 1.29 bits per heavy atom. The van der Waals surface area contributed by atoms with Gasteiger partial charge < -0.3 is 14.4 Å². The SMILES string of the molecule is COc1ccccc1-c1ccc(P(=O)(O)c2ccc(-c3ccccc3OC)cc2)cc1. The Kier molecular flexibility index (Phi) is 5.94. The molecule has 0 aliphatic carbocycles. The Balaban J connectivity index is 1.63. The lowest BCUT2D eigenvalue weighted by molar-refractivity contribution is 0.416. The normalized spacial score (nSPS) is 11.2. The summed E-state index contributed by atoms with van der Waals surface area (Å²) >= 11 is 0.